The molecule has 0 aromatic heterocycles. The van der Waals surface area contributed by atoms with Gasteiger partial charge in [-0.05, 0) is 49.9 Å². The molecule has 0 unspecified atom stereocenters. The quantitative estimate of drug-likeness (QED) is 0.453. The fourth-order valence-corrected chi connectivity index (χ4v) is 5.60. The van der Waals surface area contributed by atoms with E-state index in [9.17, 15) is 20.4 Å². The molecular formula is C22H26Br2N2O4. The van der Waals surface area contributed by atoms with E-state index < -0.39 is 0 Å². The normalized spacial score (nSPS) is 21.6. The van der Waals surface area contributed by atoms with Crippen LogP contribution in [0.5, 0.6) is 11.5 Å². The fraction of sp³-hybridized carbons (Fsp3) is 0.455. The second-order valence-electron chi connectivity index (χ2n) is 7.99. The van der Waals surface area contributed by atoms with Crippen LogP contribution in [0.15, 0.2) is 33.2 Å². The highest BCUT2D eigenvalue weighted by molar-refractivity contribution is 9.10. The van der Waals surface area contributed by atoms with E-state index in [4.69, 9.17) is 0 Å². The molecule has 4 N–H and O–H groups in total. The Morgan fingerprint density at radius 1 is 0.733 bits per heavy atom. The average molecular weight is 542 g/mol. The van der Waals surface area contributed by atoms with Crippen molar-refractivity contribution >= 4 is 43.2 Å². The summed E-state index contributed by atoms with van der Waals surface area (Å²) >= 11 is 7.09. The van der Waals surface area contributed by atoms with Gasteiger partial charge in [-0.25, -0.2) is 0 Å². The third kappa shape index (κ3) is 3.90. The predicted octanol–water partition coefficient (Wildman–Crippen LogP) is 4.21. The minimum Gasteiger partial charge on any atom is -0.505 e. The molecule has 2 aliphatic rings. The van der Waals surface area contributed by atoms with Crippen LogP contribution in [-0.2, 0) is 0 Å². The molecule has 0 saturated carbocycles. The Hall–Kier alpha value is -1.48. The molecule has 162 valence electrons. The third-order valence-corrected chi connectivity index (χ3v) is 7.11. The van der Waals surface area contributed by atoms with Crippen molar-refractivity contribution in [1.29, 1.82) is 0 Å². The molecule has 2 atom stereocenters. The van der Waals surface area contributed by atoms with Gasteiger partial charge in [0.2, 0.25) is 0 Å². The molecule has 0 radical (unpaired) electrons. The number of phenols is 2. The predicted molar refractivity (Wildman–Crippen MR) is 126 cm³/mol. The zero-order chi connectivity index (χ0) is 21.4. The van der Waals surface area contributed by atoms with Gasteiger partial charge in [0.15, 0.2) is 0 Å². The molecule has 2 heterocycles. The summed E-state index contributed by atoms with van der Waals surface area (Å²) in [6.45, 7) is 1.59. The Labute approximate surface area is 193 Å². The first-order chi connectivity index (χ1) is 14.4. The molecule has 2 aromatic rings. The molecular weight excluding hydrogens is 516 g/mol. The van der Waals surface area contributed by atoms with Crippen LogP contribution >= 0.6 is 31.9 Å². The van der Waals surface area contributed by atoms with E-state index in [2.05, 4.69) is 31.9 Å². The number of aliphatic hydroxyl groups excluding tert-OH is 2. The molecule has 0 spiro atoms. The number of benzene rings is 2. The van der Waals surface area contributed by atoms with Crippen molar-refractivity contribution in [1.82, 2.24) is 0 Å². The van der Waals surface area contributed by atoms with Crippen LogP contribution in [0.1, 0.15) is 25.7 Å². The van der Waals surface area contributed by atoms with Gasteiger partial charge in [0.1, 0.15) is 11.5 Å². The summed E-state index contributed by atoms with van der Waals surface area (Å²) in [7, 11) is 0. The molecule has 6 nitrogen and oxygen atoms in total. The van der Waals surface area contributed by atoms with Crippen LogP contribution in [0, 0.1) is 0 Å². The molecule has 2 fully saturated rings. The SMILES string of the molecule is OC[C@@H]1CCCN1c1cc(Br)cc(-c2cc(Br)cc(N3CCC[C@H]3CO)c2O)c1O. The monoisotopic (exact) mass is 540 g/mol. The van der Waals surface area contributed by atoms with Crippen molar-refractivity contribution in [3.8, 4) is 22.6 Å². The van der Waals surface area contributed by atoms with Crippen molar-refractivity contribution in [3.05, 3.63) is 33.2 Å². The lowest BCUT2D eigenvalue weighted by Crippen LogP contribution is -2.32. The van der Waals surface area contributed by atoms with Crippen molar-refractivity contribution in [3.63, 3.8) is 0 Å². The Morgan fingerprint density at radius 2 is 1.13 bits per heavy atom. The van der Waals surface area contributed by atoms with E-state index in [-0.39, 0.29) is 36.8 Å². The summed E-state index contributed by atoms with van der Waals surface area (Å²) in [6, 6.07) is 7.23. The molecule has 8 heteroatoms. The third-order valence-electron chi connectivity index (χ3n) is 6.19. The maximum atomic E-state index is 11.2. The van der Waals surface area contributed by atoms with Gasteiger partial charge in [0, 0.05) is 33.2 Å². The zero-order valence-electron chi connectivity index (χ0n) is 16.6. The van der Waals surface area contributed by atoms with E-state index in [1.54, 1.807) is 12.1 Å². The minimum absolute atomic E-state index is 0.0281. The van der Waals surface area contributed by atoms with Gasteiger partial charge in [0.25, 0.3) is 0 Å². The lowest BCUT2D eigenvalue weighted by molar-refractivity contribution is 0.265. The van der Waals surface area contributed by atoms with E-state index >= 15 is 0 Å². The number of phenolic OH excluding ortho intramolecular Hbond substituents is 2. The second kappa shape index (κ2) is 8.94. The number of anilines is 2. The van der Waals surface area contributed by atoms with Crippen LogP contribution in [0.2, 0.25) is 0 Å². The molecule has 2 aromatic carbocycles. The summed E-state index contributed by atoms with van der Waals surface area (Å²) in [5, 5.41) is 41.8. The minimum atomic E-state index is -0.0281. The van der Waals surface area contributed by atoms with Gasteiger partial charge in [-0.1, -0.05) is 31.9 Å². The number of halogens is 2. The van der Waals surface area contributed by atoms with Gasteiger partial charge >= 0.3 is 0 Å². The highest BCUT2D eigenvalue weighted by atomic mass is 79.9. The summed E-state index contributed by atoms with van der Waals surface area (Å²) in [5.74, 6) is 0.163. The number of aromatic hydroxyl groups is 2. The van der Waals surface area contributed by atoms with Gasteiger partial charge in [0.05, 0.1) is 36.7 Å². The number of rotatable bonds is 5. The largest absolute Gasteiger partial charge is 0.505 e. The Morgan fingerprint density at radius 3 is 1.50 bits per heavy atom. The van der Waals surface area contributed by atoms with Crippen LogP contribution in [0.3, 0.4) is 0 Å². The topological polar surface area (TPSA) is 87.4 Å². The standard InChI is InChI=1S/C22H26Br2N2O4/c23-13-7-17(21(29)19(9-13)25-5-1-3-15(25)11-27)18-8-14(24)10-20(22(18)30)26-6-2-4-16(26)12-28/h7-10,15-16,27-30H,1-6,11-12H2/t15-,16-/m0/s1. The summed E-state index contributed by atoms with van der Waals surface area (Å²) in [6.07, 6.45) is 3.66. The molecule has 2 saturated heterocycles. The van der Waals surface area contributed by atoms with E-state index in [1.807, 2.05) is 21.9 Å². The molecule has 2 aliphatic heterocycles. The molecule has 0 amide bonds. The first-order valence-electron chi connectivity index (χ1n) is 10.2. The number of nitrogens with zero attached hydrogens (tertiary/aromatic N) is 2. The van der Waals surface area contributed by atoms with E-state index in [0.29, 0.717) is 22.5 Å². The number of hydrogen-bond acceptors (Lipinski definition) is 6. The maximum Gasteiger partial charge on any atom is 0.146 e. The lowest BCUT2D eigenvalue weighted by Gasteiger charge is -2.29. The van der Waals surface area contributed by atoms with Crippen LogP contribution in [0.4, 0.5) is 11.4 Å². The highest BCUT2D eigenvalue weighted by Crippen LogP contribution is 2.49. The first kappa shape index (κ1) is 21.7. The average Bonchev–Trinajstić information content (AvgIpc) is 3.39. The lowest BCUT2D eigenvalue weighted by atomic mass is 10.0. The first-order valence-corrected chi connectivity index (χ1v) is 11.8. The van der Waals surface area contributed by atoms with Crippen molar-refractivity contribution in [2.45, 2.75) is 37.8 Å². The van der Waals surface area contributed by atoms with Crippen molar-refractivity contribution in [2.75, 3.05) is 36.1 Å². The highest BCUT2D eigenvalue weighted by Gasteiger charge is 2.30. The van der Waals surface area contributed by atoms with Gasteiger partial charge in [-0.2, -0.15) is 0 Å². The fourth-order valence-electron chi connectivity index (χ4n) is 4.70. The number of hydrogen-bond donors (Lipinski definition) is 4. The summed E-state index contributed by atoms with van der Waals surface area (Å²) < 4.78 is 1.56. The Bertz CT molecular complexity index is 864. The molecule has 30 heavy (non-hydrogen) atoms. The van der Waals surface area contributed by atoms with Crippen LogP contribution in [-0.4, -0.2) is 58.8 Å². The van der Waals surface area contributed by atoms with E-state index in [1.165, 1.54) is 0 Å². The van der Waals surface area contributed by atoms with Gasteiger partial charge in [-0.15, -0.1) is 0 Å². The van der Waals surface area contributed by atoms with Crippen molar-refractivity contribution < 1.29 is 20.4 Å². The Balaban J connectivity index is 1.83. The summed E-state index contributed by atoms with van der Waals surface area (Å²) in [4.78, 5) is 4.06. The molecule has 0 aliphatic carbocycles. The second-order valence-corrected chi connectivity index (χ2v) is 9.82. The molecule has 0 bridgehead atoms. The Kier molecular flexibility index (Phi) is 6.48. The summed E-state index contributed by atoms with van der Waals surface area (Å²) in [5.41, 5.74) is 2.32. The molecule has 4 rings (SSSR count). The van der Waals surface area contributed by atoms with Gasteiger partial charge in [-0.3, -0.25) is 0 Å². The zero-order valence-corrected chi connectivity index (χ0v) is 19.7. The van der Waals surface area contributed by atoms with Crippen LogP contribution < -0.4 is 9.80 Å². The van der Waals surface area contributed by atoms with Crippen LogP contribution in [0.25, 0.3) is 11.1 Å². The van der Waals surface area contributed by atoms with E-state index in [0.717, 1.165) is 47.7 Å². The van der Waals surface area contributed by atoms with Gasteiger partial charge < -0.3 is 30.2 Å². The van der Waals surface area contributed by atoms with Crippen molar-refractivity contribution in [2.24, 2.45) is 0 Å². The smallest absolute Gasteiger partial charge is 0.146 e. The maximum absolute atomic E-state index is 11.2. The number of aliphatic hydroxyl groups is 2.